The number of allylic oxidation sites excluding steroid dienone is 2. The number of rotatable bonds is 6. The van der Waals surface area contributed by atoms with Gasteiger partial charge in [-0.1, -0.05) is 47.5 Å². The van der Waals surface area contributed by atoms with Crippen LogP contribution in [0, 0.1) is 0 Å². The summed E-state index contributed by atoms with van der Waals surface area (Å²) >= 11 is 3.40. The summed E-state index contributed by atoms with van der Waals surface area (Å²) in [5, 5.41) is 0.957. The van der Waals surface area contributed by atoms with Crippen LogP contribution in [0.2, 0.25) is 0 Å². The fourth-order valence-corrected chi connectivity index (χ4v) is 1.11. The second-order valence-corrected chi connectivity index (χ2v) is 3.33. The molecular weight excluding hydrogens is 240 g/mol. The molecule has 1 nitrogen and oxygen atoms in total. The van der Waals surface area contributed by atoms with Crippen LogP contribution >= 0.6 is 15.9 Å². The van der Waals surface area contributed by atoms with Gasteiger partial charge in [-0.2, -0.15) is 0 Å². The van der Waals surface area contributed by atoms with E-state index in [0.717, 1.165) is 18.2 Å². The molecule has 0 aromatic rings. The molecular formula is C12H23BrO. The molecule has 84 valence electrons. The molecule has 0 radical (unpaired) electrons. The normalized spacial score (nSPS) is 12.8. The molecule has 0 aliphatic rings. The number of alkyl halides is 1. The van der Waals surface area contributed by atoms with Gasteiger partial charge < -0.3 is 4.74 Å². The number of ether oxygens (including phenoxy) is 1. The van der Waals surface area contributed by atoms with Crippen LogP contribution in [0.5, 0.6) is 0 Å². The van der Waals surface area contributed by atoms with Crippen molar-refractivity contribution in [2.24, 2.45) is 0 Å². The standard InChI is InChI=1S/C10H17BrO.C2H6/c1-4-10(12-3)7-5-6-9(2)8-11;1-2/h4,6,10H,1,5,7-8H2,2-3H3;1-2H3/b9-6-;. The smallest absolute Gasteiger partial charge is 0.0752 e. The highest BCUT2D eigenvalue weighted by Gasteiger charge is 1.98. The first-order valence-electron chi connectivity index (χ1n) is 5.11. The van der Waals surface area contributed by atoms with Crippen molar-refractivity contribution in [1.82, 2.24) is 0 Å². The highest BCUT2D eigenvalue weighted by molar-refractivity contribution is 9.09. The summed E-state index contributed by atoms with van der Waals surface area (Å²) in [5.74, 6) is 0. The molecule has 0 rings (SSSR count). The lowest BCUT2D eigenvalue weighted by Gasteiger charge is -2.07. The fourth-order valence-electron chi connectivity index (χ4n) is 0.880. The first-order valence-corrected chi connectivity index (χ1v) is 6.23. The summed E-state index contributed by atoms with van der Waals surface area (Å²) in [6, 6.07) is 0. The van der Waals surface area contributed by atoms with E-state index in [0.29, 0.717) is 0 Å². The average molecular weight is 263 g/mol. The highest BCUT2D eigenvalue weighted by Crippen LogP contribution is 2.06. The Morgan fingerprint density at radius 2 is 2.07 bits per heavy atom. The molecule has 0 fully saturated rings. The Balaban J connectivity index is 0. The maximum Gasteiger partial charge on any atom is 0.0752 e. The molecule has 1 unspecified atom stereocenters. The summed E-state index contributed by atoms with van der Waals surface area (Å²) in [7, 11) is 1.72. The molecule has 0 aromatic carbocycles. The van der Waals surface area contributed by atoms with Gasteiger partial charge in [0.2, 0.25) is 0 Å². The van der Waals surface area contributed by atoms with E-state index in [9.17, 15) is 0 Å². The summed E-state index contributed by atoms with van der Waals surface area (Å²) < 4.78 is 5.16. The zero-order chi connectivity index (χ0) is 11.4. The second kappa shape index (κ2) is 12.9. The lowest BCUT2D eigenvalue weighted by molar-refractivity contribution is 0.135. The molecule has 1 atom stereocenters. The Morgan fingerprint density at radius 1 is 1.50 bits per heavy atom. The molecule has 14 heavy (non-hydrogen) atoms. The lowest BCUT2D eigenvalue weighted by atomic mass is 10.1. The van der Waals surface area contributed by atoms with E-state index in [1.54, 1.807) is 7.11 Å². The van der Waals surface area contributed by atoms with E-state index < -0.39 is 0 Å². The second-order valence-electron chi connectivity index (χ2n) is 2.77. The first kappa shape index (κ1) is 16.4. The van der Waals surface area contributed by atoms with Crippen LogP contribution < -0.4 is 0 Å². The van der Waals surface area contributed by atoms with Gasteiger partial charge in [0.1, 0.15) is 0 Å². The largest absolute Gasteiger partial charge is 0.377 e. The molecule has 0 aromatic heterocycles. The zero-order valence-electron chi connectivity index (χ0n) is 9.85. The van der Waals surface area contributed by atoms with Gasteiger partial charge in [-0.25, -0.2) is 0 Å². The molecule has 0 saturated carbocycles. The lowest BCUT2D eigenvalue weighted by Crippen LogP contribution is -2.04. The maximum absolute atomic E-state index is 5.16. The Labute approximate surface area is 97.4 Å². The van der Waals surface area contributed by atoms with E-state index >= 15 is 0 Å². The van der Waals surface area contributed by atoms with Crippen LogP contribution in [0.25, 0.3) is 0 Å². The summed E-state index contributed by atoms with van der Waals surface area (Å²) in [4.78, 5) is 0. The number of methoxy groups -OCH3 is 1. The zero-order valence-corrected chi connectivity index (χ0v) is 11.4. The number of hydrogen-bond donors (Lipinski definition) is 0. The minimum Gasteiger partial charge on any atom is -0.377 e. The predicted octanol–water partition coefficient (Wildman–Crippen LogP) is 4.34. The molecule has 0 saturated heterocycles. The van der Waals surface area contributed by atoms with Crippen LogP contribution in [0.1, 0.15) is 33.6 Å². The Bertz CT molecular complexity index is 152. The SMILES string of the molecule is C=CC(CC/C=C(/C)CBr)OC.CC. The molecule has 0 heterocycles. The van der Waals surface area contributed by atoms with Gasteiger partial charge in [0.15, 0.2) is 0 Å². The number of halogens is 1. The minimum absolute atomic E-state index is 0.198. The number of hydrogen-bond acceptors (Lipinski definition) is 1. The van der Waals surface area contributed by atoms with Gasteiger partial charge >= 0.3 is 0 Å². The van der Waals surface area contributed by atoms with Gasteiger partial charge in [0.25, 0.3) is 0 Å². The molecule has 0 amide bonds. The van der Waals surface area contributed by atoms with Crippen molar-refractivity contribution in [2.75, 3.05) is 12.4 Å². The highest BCUT2D eigenvalue weighted by atomic mass is 79.9. The van der Waals surface area contributed by atoms with E-state index in [1.165, 1.54) is 5.57 Å². The Morgan fingerprint density at radius 3 is 2.43 bits per heavy atom. The van der Waals surface area contributed by atoms with Crippen molar-refractivity contribution in [1.29, 1.82) is 0 Å². The third-order valence-electron chi connectivity index (χ3n) is 1.72. The van der Waals surface area contributed by atoms with E-state index in [-0.39, 0.29) is 6.10 Å². The molecule has 0 spiro atoms. The van der Waals surface area contributed by atoms with Crippen LogP contribution in [0.3, 0.4) is 0 Å². The van der Waals surface area contributed by atoms with Crippen molar-refractivity contribution in [3.8, 4) is 0 Å². The average Bonchev–Trinajstić information content (AvgIpc) is 2.27. The third-order valence-corrected chi connectivity index (χ3v) is 2.60. The van der Waals surface area contributed by atoms with Crippen LogP contribution in [-0.2, 0) is 4.74 Å². The van der Waals surface area contributed by atoms with E-state index in [4.69, 9.17) is 4.74 Å². The molecule has 0 N–H and O–H groups in total. The van der Waals surface area contributed by atoms with Crippen LogP contribution in [0.4, 0.5) is 0 Å². The quantitative estimate of drug-likeness (QED) is 0.511. The monoisotopic (exact) mass is 262 g/mol. The Kier molecular flexibility index (Phi) is 15.1. The van der Waals surface area contributed by atoms with Crippen molar-refractivity contribution in [3.05, 3.63) is 24.3 Å². The van der Waals surface area contributed by atoms with Gasteiger partial charge in [-0.3, -0.25) is 0 Å². The molecule has 2 heteroatoms. The van der Waals surface area contributed by atoms with Gasteiger partial charge in [-0.05, 0) is 19.8 Å². The third kappa shape index (κ3) is 10.0. The van der Waals surface area contributed by atoms with Crippen molar-refractivity contribution in [2.45, 2.75) is 39.7 Å². The molecule has 0 aliphatic heterocycles. The first-order chi connectivity index (χ1) is 6.74. The minimum atomic E-state index is 0.198. The molecule has 0 aliphatic carbocycles. The van der Waals surface area contributed by atoms with Crippen molar-refractivity contribution in [3.63, 3.8) is 0 Å². The van der Waals surface area contributed by atoms with E-state index in [2.05, 4.69) is 35.5 Å². The Hall–Kier alpha value is -0.0800. The van der Waals surface area contributed by atoms with Crippen LogP contribution in [0.15, 0.2) is 24.3 Å². The van der Waals surface area contributed by atoms with Gasteiger partial charge in [0.05, 0.1) is 6.10 Å². The summed E-state index contributed by atoms with van der Waals surface area (Å²) in [6.45, 7) is 9.81. The van der Waals surface area contributed by atoms with Gasteiger partial charge in [0, 0.05) is 12.4 Å². The topological polar surface area (TPSA) is 9.23 Å². The van der Waals surface area contributed by atoms with Crippen molar-refractivity contribution >= 4 is 15.9 Å². The summed E-state index contributed by atoms with van der Waals surface area (Å²) in [5.41, 5.74) is 1.37. The predicted molar refractivity (Wildman–Crippen MR) is 69.1 cm³/mol. The summed E-state index contributed by atoms with van der Waals surface area (Å²) in [6.07, 6.45) is 6.35. The van der Waals surface area contributed by atoms with Gasteiger partial charge in [-0.15, -0.1) is 6.58 Å². The fraction of sp³-hybridized carbons (Fsp3) is 0.667. The van der Waals surface area contributed by atoms with E-state index in [1.807, 2.05) is 19.9 Å². The maximum atomic E-state index is 5.16. The van der Waals surface area contributed by atoms with Crippen molar-refractivity contribution < 1.29 is 4.74 Å². The molecule has 0 bridgehead atoms. The van der Waals surface area contributed by atoms with Crippen LogP contribution in [-0.4, -0.2) is 18.5 Å².